The second-order valence-corrected chi connectivity index (χ2v) is 5.20. The SMILES string of the molecule is CCCCn1nc(-c2ccccc2C)c2c(N)ncnc21. The number of anilines is 1. The Morgan fingerprint density at radius 1 is 1.19 bits per heavy atom. The van der Waals surface area contributed by atoms with E-state index in [4.69, 9.17) is 10.8 Å². The van der Waals surface area contributed by atoms with E-state index >= 15 is 0 Å². The number of benzene rings is 1. The third-order valence-electron chi connectivity index (χ3n) is 3.68. The van der Waals surface area contributed by atoms with Crippen molar-refractivity contribution in [3.63, 3.8) is 0 Å². The van der Waals surface area contributed by atoms with Crippen LogP contribution in [0, 0.1) is 6.92 Å². The highest BCUT2D eigenvalue weighted by molar-refractivity contribution is 5.98. The molecule has 0 radical (unpaired) electrons. The van der Waals surface area contributed by atoms with Crippen molar-refractivity contribution >= 4 is 16.9 Å². The van der Waals surface area contributed by atoms with Crippen molar-refractivity contribution in [1.82, 2.24) is 19.7 Å². The van der Waals surface area contributed by atoms with E-state index in [-0.39, 0.29) is 0 Å². The monoisotopic (exact) mass is 281 g/mol. The zero-order valence-corrected chi connectivity index (χ0v) is 12.4. The van der Waals surface area contributed by atoms with Gasteiger partial charge in [-0.2, -0.15) is 5.10 Å². The first-order valence-electron chi connectivity index (χ1n) is 7.25. The van der Waals surface area contributed by atoms with Gasteiger partial charge in [0.25, 0.3) is 0 Å². The summed E-state index contributed by atoms with van der Waals surface area (Å²) in [5, 5.41) is 5.60. The molecule has 0 aliphatic rings. The lowest BCUT2D eigenvalue weighted by atomic mass is 10.0. The van der Waals surface area contributed by atoms with Crippen LogP contribution < -0.4 is 5.73 Å². The molecule has 0 saturated carbocycles. The third kappa shape index (κ3) is 2.35. The van der Waals surface area contributed by atoms with Gasteiger partial charge in [0.2, 0.25) is 0 Å². The number of hydrogen-bond donors (Lipinski definition) is 1. The molecule has 3 aromatic rings. The Kier molecular flexibility index (Phi) is 3.56. The minimum absolute atomic E-state index is 0.487. The molecule has 5 heteroatoms. The van der Waals surface area contributed by atoms with E-state index in [9.17, 15) is 0 Å². The normalized spacial score (nSPS) is 11.1. The summed E-state index contributed by atoms with van der Waals surface area (Å²) >= 11 is 0. The number of nitrogens with zero attached hydrogens (tertiary/aromatic N) is 4. The fourth-order valence-electron chi connectivity index (χ4n) is 2.52. The van der Waals surface area contributed by atoms with Crippen LogP contribution in [0.2, 0.25) is 0 Å². The van der Waals surface area contributed by atoms with E-state index < -0.39 is 0 Å². The number of nitrogens with two attached hydrogens (primary N) is 1. The zero-order chi connectivity index (χ0) is 14.8. The second kappa shape index (κ2) is 5.52. The highest BCUT2D eigenvalue weighted by atomic mass is 15.3. The quantitative estimate of drug-likeness (QED) is 0.797. The number of fused-ring (bicyclic) bond motifs is 1. The summed E-state index contributed by atoms with van der Waals surface area (Å²) in [6.07, 6.45) is 3.68. The van der Waals surface area contributed by atoms with E-state index in [0.717, 1.165) is 41.7 Å². The van der Waals surface area contributed by atoms with Crippen LogP contribution in [0.4, 0.5) is 5.82 Å². The molecule has 2 N–H and O–H groups in total. The van der Waals surface area contributed by atoms with Gasteiger partial charge in [-0.25, -0.2) is 14.6 Å². The van der Waals surface area contributed by atoms with Gasteiger partial charge in [0.15, 0.2) is 5.65 Å². The molecular weight excluding hydrogens is 262 g/mol. The fraction of sp³-hybridized carbons (Fsp3) is 0.312. The number of rotatable bonds is 4. The largest absolute Gasteiger partial charge is 0.383 e. The van der Waals surface area contributed by atoms with Gasteiger partial charge in [-0.1, -0.05) is 37.6 Å². The van der Waals surface area contributed by atoms with Crippen molar-refractivity contribution in [2.24, 2.45) is 0 Å². The van der Waals surface area contributed by atoms with E-state index in [0.29, 0.717) is 5.82 Å². The summed E-state index contributed by atoms with van der Waals surface area (Å²) in [4.78, 5) is 8.51. The zero-order valence-electron chi connectivity index (χ0n) is 12.4. The van der Waals surface area contributed by atoms with Crippen molar-refractivity contribution in [2.45, 2.75) is 33.2 Å². The van der Waals surface area contributed by atoms with Crippen LogP contribution in [0.1, 0.15) is 25.3 Å². The van der Waals surface area contributed by atoms with Gasteiger partial charge < -0.3 is 5.73 Å². The Morgan fingerprint density at radius 2 is 2.00 bits per heavy atom. The van der Waals surface area contributed by atoms with Gasteiger partial charge in [-0.3, -0.25) is 0 Å². The summed E-state index contributed by atoms with van der Waals surface area (Å²) < 4.78 is 1.94. The molecule has 5 nitrogen and oxygen atoms in total. The molecule has 0 atom stereocenters. The predicted octanol–water partition coefficient (Wildman–Crippen LogP) is 3.18. The molecule has 108 valence electrons. The van der Waals surface area contributed by atoms with E-state index in [1.807, 2.05) is 16.8 Å². The van der Waals surface area contributed by atoms with Crippen LogP contribution in [-0.2, 0) is 6.54 Å². The highest BCUT2D eigenvalue weighted by Crippen LogP contribution is 2.31. The third-order valence-corrected chi connectivity index (χ3v) is 3.68. The lowest BCUT2D eigenvalue weighted by molar-refractivity contribution is 0.585. The van der Waals surface area contributed by atoms with Crippen molar-refractivity contribution in [3.05, 3.63) is 36.2 Å². The minimum atomic E-state index is 0.487. The molecule has 0 saturated heterocycles. The van der Waals surface area contributed by atoms with Gasteiger partial charge in [0.05, 0.1) is 5.39 Å². The maximum absolute atomic E-state index is 6.08. The Bertz CT molecular complexity index is 775. The summed E-state index contributed by atoms with van der Waals surface area (Å²) in [5.74, 6) is 0.487. The van der Waals surface area contributed by atoms with E-state index in [2.05, 4.69) is 35.9 Å². The van der Waals surface area contributed by atoms with Crippen molar-refractivity contribution in [2.75, 3.05) is 5.73 Å². The van der Waals surface area contributed by atoms with Crippen molar-refractivity contribution in [3.8, 4) is 11.3 Å². The van der Waals surface area contributed by atoms with Gasteiger partial charge in [0.1, 0.15) is 17.8 Å². The summed E-state index contributed by atoms with van der Waals surface area (Å²) in [6, 6.07) is 8.17. The minimum Gasteiger partial charge on any atom is -0.383 e. The van der Waals surface area contributed by atoms with Crippen molar-refractivity contribution in [1.29, 1.82) is 0 Å². The maximum Gasteiger partial charge on any atom is 0.163 e. The molecule has 2 heterocycles. The van der Waals surface area contributed by atoms with Crippen LogP contribution >= 0.6 is 0 Å². The van der Waals surface area contributed by atoms with Crippen LogP contribution in [-0.4, -0.2) is 19.7 Å². The van der Waals surface area contributed by atoms with E-state index in [1.54, 1.807) is 0 Å². The molecule has 0 unspecified atom stereocenters. The number of unbranched alkanes of at least 4 members (excludes halogenated alkanes) is 1. The molecule has 0 amide bonds. The molecule has 0 bridgehead atoms. The highest BCUT2D eigenvalue weighted by Gasteiger charge is 2.17. The fourth-order valence-corrected chi connectivity index (χ4v) is 2.52. The molecule has 3 rings (SSSR count). The first-order valence-corrected chi connectivity index (χ1v) is 7.25. The smallest absolute Gasteiger partial charge is 0.163 e. The average molecular weight is 281 g/mol. The topological polar surface area (TPSA) is 69.6 Å². The van der Waals surface area contributed by atoms with Gasteiger partial charge in [0, 0.05) is 12.1 Å². The Hall–Kier alpha value is -2.43. The Balaban J connectivity index is 2.25. The van der Waals surface area contributed by atoms with Crippen LogP contribution in [0.15, 0.2) is 30.6 Å². The Labute approximate surface area is 123 Å². The van der Waals surface area contributed by atoms with Gasteiger partial charge in [-0.05, 0) is 18.9 Å². The van der Waals surface area contributed by atoms with Crippen LogP contribution in [0.25, 0.3) is 22.3 Å². The molecule has 0 aliphatic carbocycles. The standard InChI is InChI=1S/C16H19N5/c1-3-4-9-21-16-13(15(17)18-10-19-16)14(20-21)12-8-6-5-7-11(12)2/h5-8,10H,3-4,9H2,1-2H3,(H2,17,18,19). The number of aromatic nitrogens is 4. The van der Waals surface area contributed by atoms with Crippen LogP contribution in [0.3, 0.4) is 0 Å². The number of hydrogen-bond acceptors (Lipinski definition) is 4. The maximum atomic E-state index is 6.08. The second-order valence-electron chi connectivity index (χ2n) is 5.20. The average Bonchev–Trinajstić information content (AvgIpc) is 2.86. The molecular formula is C16H19N5. The van der Waals surface area contributed by atoms with E-state index in [1.165, 1.54) is 11.9 Å². The molecule has 2 aromatic heterocycles. The molecule has 21 heavy (non-hydrogen) atoms. The predicted molar refractivity (Wildman–Crippen MR) is 84.8 cm³/mol. The Morgan fingerprint density at radius 3 is 2.76 bits per heavy atom. The first-order chi connectivity index (χ1) is 10.2. The number of aryl methyl sites for hydroxylation is 2. The lowest BCUT2D eigenvalue weighted by Crippen LogP contribution is -2.01. The summed E-state index contributed by atoms with van der Waals surface area (Å²) in [5.41, 5.74) is 10.0. The van der Waals surface area contributed by atoms with Gasteiger partial charge >= 0.3 is 0 Å². The van der Waals surface area contributed by atoms with Crippen molar-refractivity contribution < 1.29 is 0 Å². The molecule has 0 fully saturated rings. The molecule has 1 aromatic carbocycles. The summed E-state index contributed by atoms with van der Waals surface area (Å²) in [7, 11) is 0. The number of nitrogen functional groups attached to an aromatic ring is 1. The van der Waals surface area contributed by atoms with Crippen LogP contribution in [0.5, 0.6) is 0 Å². The summed E-state index contributed by atoms with van der Waals surface area (Å²) in [6.45, 7) is 5.08. The first kappa shape index (κ1) is 13.5. The molecule has 0 aliphatic heterocycles. The lowest BCUT2D eigenvalue weighted by Gasteiger charge is -2.02. The molecule has 0 spiro atoms. The van der Waals surface area contributed by atoms with Gasteiger partial charge in [-0.15, -0.1) is 0 Å².